The molecule has 0 saturated carbocycles. The van der Waals surface area contributed by atoms with Gasteiger partial charge in [-0.25, -0.2) is 4.98 Å². The number of nitriles is 2. The van der Waals surface area contributed by atoms with Gasteiger partial charge in [-0.05, 0) is 60.6 Å². The molecule has 1 heterocycles. The summed E-state index contributed by atoms with van der Waals surface area (Å²) in [6.07, 6.45) is 3.52. The summed E-state index contributed by atoms with van der Waals surface area (Å²) >= 11 is 6.57. The van der Waals surface area contributed by atoms with E-state index in [0.717, 1.165) is 22.4 Å². The number of methoxy groups -OCH3 is 2. The number of nitrogens with one attached hydrogen (secondary N) is 1. The van der Waals surface area contributed by atoms with Crippen LogP contribution in [0.1, 0.15) is 84.9 Å². The summed E-state index contributed by atoms with van der Waals surface area (Å²) in [6, 6.07) is 23.1. The first kappa shape index (κ1) is 33.1. The molecule has 3 aromatic carbocycles. The number of carbonyl (C=O) groups excluding carboxylic acids is 1. The van der Waals surface area contributed by atoms with Crippen LogP contribution >= 0.6 is 11.6 Å². The van der Waals surface area contributed by atoms with E-state index in [1.807, 2.05) is 68.4 Å². The maximum atomic E-state index is 13.0. The van der Waals surface area contributed by atoms with Gasteiger partial charge in [-0.2, -0.15) is 10.5 Å². The van der Waals surface area contributed by atoms with Crippen LogP contribution in [0.5, 0.6) is 11.5 Å². The third-order valence-corrected chi connectivity index (χ3v) is 8.67. The molecule has 0 aliphatic carbocycles. The molecule has 4 rings (SSSR count). The Balaban J connectivity index is 1.51. The van der Waals surface area contributed by atoms with Crippen LogP contribution in [0.4, 0.5) is 0 Å². The van der Waals surface area contributed by atoms with Crippen molar-refractivity contribution >= 4 is 17.5 Å². The topological polar surface area (TPSA) is 113 Å². The third kappa shape index (κ3) is 7.48. The van der Waals surface area contributed by atoms with E-state index in [1.165, 1.54) is 0 Å². The summed E-state index contributed by atoms with van der Waals surface area (Å²) in [4.78, 5) is 17.8. The summed E-state index contributed by atoms with van der Waals surface area (Å²) < 4.78 is 12.8. The summed E-state index contributed by atoms with van der Waals surface area (Å²) in [5.74, 6) is 1.72. The molecule has 0 saturated heterocycles. The van der Waals surface area contributed by atoms with Crippen LogP contribution in [0.3, 0.4) is 0 Å². The number of ether oxygens (including phenoxy) is 2. The van der Waals surface area contributed by atoms with E-state index in [4.69, 9.17) is 26.1 Å². The number of benzene rings is 3. The minimum absolute atomic E-state index is 0.0793. The van der Waals surface area contributed by atoms with E-state index in [2.05, 4.69) is 28.9 Å². The van der Waals surface area contributed by atoms with Gasteiger partial charge < -0.3 is 19.4 Å². The zero-order valence-electron chi connectivity index (χ0n) is 26.3. The molecule has 0 aliphatic rings. The molecule has 9 heteroatoms. The summed E-state index contributed by atoms with van der Waals surface area (Å²) in [5, 5.41) is 23.1. The minimum atomic E-state index is -0.242. The zero-order valence-corrected chi connectivity index (χ0v) is 27.1. The Morgan fingerprint density at radius 2 is 1.60 bits per heavy atom. The van der Waals surface area contributed by atoms with Crippen molar-refractivity contribution in [2.45, 2.75) is 58.5 Å². The molecule has 45 heavy (non-hydrogen) atoms. The quantitative estimate of drug-likeness (QED) is 0.167. The van der Waals surface area contributed by atoms with Crippen molar-refractivity contribution in [3.05, 3.63) is 111 Å². The summed E-state index contributed by atoms with van der Waals surface area (Å²) in [5.41, 5.74) is 4.75. The number of carbonyl (C=O) groups is 1. The molecule has 232 valence electrons. The molecule has 0 bridgehead atoms. The van der Waals surface area contributed by atoms with Crippen molar-refractivity contribution in [1.82, 2.24) is 14.9 Å². The predicted octanol–water partition coefficient (Wildman–Crippen LogP) is 7.33. The first-order chi connectivity index (χ1) is 21.7. The fourth-order valence-corrected chi connectivity index (χ4v) is 6.07. The van der Waals surface area contributed by atoms with Gasteiger partial charge in [-0.3, -0.25) is 4.79 Å². The van der Waals surface area contributed by atoms with Gasteiger partial charge in [0.25, 0.3) is 0 Å². The van der Waals surface area contributed by atoms with Crippen LogP contribution in [0.2, 0.25) is 5.02 Å². The standard InChI is InChI=1S/C36H38ClN5O3/c1-23(18-26-15-16-32(44-4)36(45-5)35(26)37)14-17-34(43)41-22-33-40-21-31(24(2)29-12-8-6-10-27(29)19-38)42(33)25(3)30-13-9-7-11-28(30)20-39/h6-13,15-16,21,23-25H,14,17-18,22H2,1-5H3,(H,41,43). The number of hydrogen-bond acceptors (Lipinski definition) is 6. The monoisotopic (exact) mass is 623 g/mol. The lowest BCUT2D eigenvalue weighted by atomic mass is 9.93. The van der Waals surface area contributed by atoms with Gasteiger partial charge in [-0.15, -0.1) is 0 Å². The molecule has 3 unspecified atom stereocenters. The van der Waals surface area contributed by atoms with Crippen molar-refractivity contribution in [2.75, 3.05) is 14.2 Å². The van der Waals surface area contributed by atoms with Gasteiger partial charge in [0, 0.05) is 24.2 Å². The molecular weight excluding hydrogens is 586 g/mol. The van der Waals surface area contributed by atoms with Crippen LogP contribution in [0.15, 0.2) is 66.9 Å². The molecule has 0 radical (unpaired) electrons. The maximum absolute atomic E-state index is 13.0. The van der Waals surface area contributed by atoms with E-state index >= 15 is 0 Å². The van der Waals surface area contributed by atoms with Crippen molar-refractivity contribution in [3.8, 4) is 23.6 Å². The second-order valence-electron chi connectivity index (χ2n) is 11.2. The average molecular weight is 624 g/mol. The largest absolute Gasteiger partial charge is 0.493 e. The maximum Gasteiger partial charge on any atom is 0.220 e. The smallest absolute Gasteiger partial charge is 0.220 e. The lowest BCUT2D eigenvalue weighted by Gasteiger charge is -2.24. The molecule has 1 amide bonds. The lowest BCUT2D eigenvalue weighted by molar-refractivity contribution is -0.121. The normalized spacial score (nSPS) is 12.8. The number of rotatable bonds is 13. The Labute approximate surface area is 270 Å². The molecule has 3 atom stereocenters. The van der Waals surface area contributed by atoms with Crippen molar-refractivity contribution in [3.63, 3.8) is 0 Å². The van der Waals surface area contributed by atoms with Crippen LogP contribution in [0, 0.1) is 28.6 Å². The molecule has 1 aromatic heterocycles. The fourth-order valence-electron chi connectivity index (χ4n) is 5.76. The van der Waals surface area contributed by atoms with Crippen molar-refractivity contribution in [1.29, 1.82) is 10.5 Å². The van der Waals surface area contributed by atoms with E-state index < -0.39 is 0 Å². The van der Waals surface area contributed by atoms with Crippen LogP contribution in [-0.4, -0.2) is 29.7 Å². The highest BCUT2D eigenvalue weighted by molar-refractivity contribution is 6.33. The second kappa shape index (κ2) is 15.3. The molecule has 0 spiro atoms. The number of amides is 1. The molecule has 1 N–H and O–H groups in total. The number of aromatic nitrogens is 2. The molecular formula is C36H38ClN5O3. The Bertz CT molecular complexity index is 1740. The average Bonchev–Trinajstić information content (AvgIpc) is 3.50. The number of nitrogens with zero attached hydrogens (tertiary/aromatic N) is 4. The van der Waals surface area contributed by atoms with Gasteiger partial charge >= 0.3 is 0 Å². The number of hydrogen-bond donors (Lipinski definition) is 1. The van der Waals surface area contributed by atoms with Gasteiger partial charge in [0.15, 0.2) is 11.5 Å². The molecule has 0 aliphatic heterocycles. The highest BCUT2D eigenvalue weighted by Crippen LogP contribution is 2.38. The van der Waals surface area contributed by atoms with Gasteiger partial charge in [0.1, 0.15) is 5.82 Å². The summed E-state index contributed by atoms with van der Waals surface area (Å²) in [7, 11) is 3.13. The van der Waals surface area contributed by atoms with Gasteiger partial charge in [-0.1, -0.05) is 67.9 Å². The molecule has 4 aromatic rings. The lowest BCUT2D eigenvalue weighted by Crippen LogP contribution is -2.26. The Hall–Kier alpha value is -4.79. The van der Waals surface area contributed by atoms with E-state index in [0.29, 0.717) is 52.7 Å². The van der Waals surface area contributed by atoms with Gasteiger partial charge in [0.2, 0.25) is 5.91 Å². The van der Waals surface area contributed by atoms with Crippen LogP contribution in [-0.2, 0) is 17.8 Å². The van der Waals surface area contributed by atoms with Crippen LogP contribution in [0.25, 0.3) is 0 Å². The van der Waals surface area contributed by atoms with E-state index in [1.54, 1.807) is 26.5 Å². The number of imidazole rings is 1. The second-order valence-corrected chi connectivity index (χ2v) is 11.5. The molecule has 8 nitrogen and oxygen atoms in total. The highest BCUT2D eigenvalue weighted by Gasteiger charge is 2.25. The number of halogens is 1. The van der Waals surface area contributed by atoms with Crippen molar-refractivity contribution < 1.29 is 14.3 Å². The van der Waals surface area contributed by atoms with Gasteiger partial charge in [0.05, 0.1) is 55.1 Å². The first-order valence-electron chi connectivity index (χ1n) is 14.9. The Morgan fingerprint density at radius 1 is 0.956 bits per heavy atom. The van der Waals surface area contributed by atoms with Crippen LogP contribution < -0.4 is 14.8 Å². The fraction of sp³-hybridized carbons (Fsp3) is 0.333. The van der Waals surface area contributed by atoms with E-state index in [-0.39, 0.29) is 30.3 Å². The highest BCUT2D eigenvalue weighted by atomic mass is 35.5. The summed E-state index contributed by atoms with van der Waals surface area (Å²) in [6.45, 7) is 6.38. The minimum Gasteiger partial charge on any atom is -0.493 e. The van der Waals surface area contributed by atoms with E-state index in [9.17, 15) is 15.3 Å². The molecule has 0 fully saturated rings. The Kier molecular flexibility index (Phi) is 11.2. The first-order valence-corrected chi connectivity index (χ1v) is 15.3. The Morgan fingerprint density at radius 3 is 2.24 bits per heavy atom. The van der Waals surface area contributed by atoms with Crippen molar-refractivity contribution in [2.24, 2.45) is 5.92 Å². The SMILES string of the molecule is COc1ccc(CC(C)CCC(=O)NCc2ncc(C(C)c3ccccc3C#N)n2C(C)c2ccccc2C#N)c(Cl)c1OC. The predicted molar refractivity (Wildman–Crippen MR) is 174 cm³/mol. The third-order valence-electron chi connectivity index (χ3n) is 8.25. The zero-order chi connectivity index (χ0) is 32.5.